The molecule has 2 rings (SSSR count). The lowest BCUT2D eigenvalue weighted by atomic mass is 10.1. The Hall–Kier alpha value is -0.670. The fourth-order valence-electron chi connectivity index (χ4n) is 1.37. The minimum atomic E-state index is 1.12. The van der Waals surface area contributed by atoms with Crippen molar-refractivity contribution < 1.29 is 0 Å². The van der Waals surface area contributed by atoms with Gasteiger partial charge in [-0.1, -0.05) is 5.57 Å². The average molecular weight is 180 g/mol. The number of nitrogens with one attached hydrogen (secondary N) is 1. The first kappa shape index (κ1) is 7.95. The van der Waals surface area contributed by atoms with E-state index in [2.05, 4.69) is 16.4 Å². The Balaban J connectivity index is 2.07. The van der Waals surface area contributed by atoms with Crippen LogP contribution in [0.1, 0.15) is 17.8 Å². The van der Waals surface area contributed by atoms with Crippen LogP contribution in [0.25, 0.3) is 6.08 Å². The van der Waals surface area contributed by atoms with Gasteiger partial charge in [-0.05, 0) is 32.0 Å². The van der Waals surface area contributed by atoms with Crippen molar-refractivity contribution in [2.24, 2.45) is 0 Å². The van der Waals surface area contributed by atoms with Gasteiger partial charge in [0.15, 0.2) is 0 Å². The molecule has 64 valence electrons. The standard InChI is InChI=1S/C9H12N2S/c1-3-10-4-2-8(1)7-9-11-5-6-12-9/h5-7,10H,1-4H2. The Morgan fingerprint density at radius 3 is 2.92 bits per heavy atom. The largest absolute Gasteiger partial charge is 0.316 e. The zero-order valence-corrected chi connectivity index (χ0v) is 7.73. The lowest BCUT2D eigenvalue weighted by Gasteiger charge is -2.14. The van der Waals surface area contributed by atoms with Crippen LogP contribution in [0.3, 0.4) is 0 Å². The summed E-state index contributed by atoms with van der Waals surface area (Å²) in [6, 6.07) is 0. The number of hydrogen-bond acceptors (Lipinski definition) is 3. The molecule has 2 heterocycles. The van der Waals surface area contributed by atoms with Gasteiger partial charge in [-0.3, -0.25) is 0 Å². The summed E-state index contributed by atoms with van der Waals surface area (Å²) in [5.74, 6) is 0. The van der Waals surface area contributed by atoms with E-state index in [0.29, 0.717) is 0 Å². The Labute approximate surface area is 76.3 Å². The smallest absolute Gasteiger partial charge is 0.115 e. The fourth-order valence-corrected chi connectivity index (χ4v) is 1.99. The van der Waals surface area contributed by atoms with Crippen molar-refractivity contribution in [2.75, 3.05) is 13.1 Å². The molecule has 12 heavy (non-hydrogen) atoms. The van der Waals surface area contributed by atoms with Gasteiger partial charge in [-0.15, -0.1) is 11.3 Å². The van der Waals surface area contributed by atoms with E-state index in [1.54, 1.807) is 11.3 Å². The van der Waals surface area contributed by atoms with Crippen LogP contribution in [0.5, 0.6) is 0 Å². The van der Waals surface area contributed by atoms with Crippen molar-refractivity contribution in [3.05, 3.63) is 22.2 Å². The number of rotatable bonds is 1. The molecule has 1 aliphatic heterocycles. The van der Waals surface area contributed by atoms with Crippen LogP contribution in [0.4, 0.5) is 0 Å². The Morgan fingerprint density at radius 1 is 1.42 bits per heavy atom. The number of piperidine rings is 1. The molecule has 1 aliphatic rings. The third-order valence-corrected chi connectivity index (χ3v) is 2.75. The highest BCUT2D eigenvalue weighted by Crippen LogP contribution is 2.16. The normalized spacial score (nSPS) is 17.8. The van der Waals surface area contributed by atoms with Gasteiger partial charge in [-0.2, -0.15) is 0 Å². The number of hydrogen-bond donors (Lipinski definition) is 1. The monoisotopic (exact) mass is 180 g/mol. The van der Waals surface area contributed by atoms with E-state index in [4.69, 9.17) is 0 Å². The quantitative estimate of drug-likeness (QED) is 0.714. The maximum Gasteiger partial charge on any atom is 0.115 e. The topological polar surface area (TPSA) is 24.9 Å². The molecular weight excluding hydrogens is 168 g/mol. The summed E-state index contributed by atoms with van der Waals surface area (Å²) in [5, 5.41) is 6.50. The van der Waals surface area contributed by atoms with E-state index in [9.17, 15) is 0 Å². The predicted molar refractivity (Wildman–Crippen MR) is 52.2 cm³/mol. The third kappa shape index (κ3) is 1.93. The van der Waals surface area contributed by atoms with E-state index in [1.807, 2.05) is 11.6 Å². The molecule has 0 radical (unpaired) electrons. The summed E-state index contributed by atoms with van der Waals surface area (Å²) in [6.07, 6.45) is 6.45. The van der Waals surface area contributed by atoms with Crippen LogP contribution >= 0.6 is 11.3 Å². The maximum atomic E-state index is 4.23. The molecule has 2 nitrogen and oxygen atoms in total. The maximum absolute atomic E-state index is 4.23. The van der Waals surface area contributed by atoms with Crippen molar-refractivity contribution in [3.63, 3.8) is 0 Å². The van der Waals surface area contributed by atoms with Crippen LogP contribution < -0.4 is 5.32 Å². The first-order valence-corrected chi connectivity index (χ1v) is 5.13. The molecule has 0 amide bonds. The minimum Gasteiger partial charge on any atom is -0.316 e. The minimum absolute atomic E-state index is 1.12. The predicted octanol–water partition coefficient (Wildman–Crippen LogP) is 1.91. The van der Waals surface area contributed by atoms with Gasteiger partial charge in [-0.25, -0.2) is 4.98 Å². The molecule has 1 fully saturated rings. The van der Waals surface area contributed by atoms with Crippen LogP contribution in [-0.2, 0) is 0 Å². The van der Waals surface area contributed by atoms with Crippen molar-refractivity contribution >= 4 is 17.4 Å². The average Bonchev–Trinajstić information content (AvgIpc) is 2.59. The second-order valence-corrected chi connectivity index (χ2v) is 3.85. The summed E-state index contributed by atoms with van der Waals surface area (Å²) < 4.78 is 0. The highest BCUT2D eigenvalue weighted by Gasteiger charge is 2.04. The first-order chi connectivity index (χ1) is 5.95. The third-order valence-electron chi connectivity index (χ3n) is 2.02. The summed E-state index contributed by atoms with van der Waals surface area (Å²) in [4.78, 5) is 4.23. The molecule has 1 saturated heterocycles. The zero-order chi connectivity index (χ0) is 8.23. The molecule has 0 aliphatic carbocycles. The van der Waals surface area contributed by atoms with Gasteiger partial charge in [0, 0.05) is 11.6 Å². The molecule has 0 aromatic carbocycles. The van der Waals surface area contributed by atoms with Crippen molar-refractivity contribution in [1.29, 1.82) is 0 Å². The van der Waals surface area contributed by atoms with Crippen LogP contribution in [0, 0.1) is 0 Å². The second kappa shape index (κ2) is 3.83. The number of thiazole rings is 1. The zero-order valence-electron chi connectivity index (χ0n) is 6.92. The van der Waals surface area contributed by atoms with Gasteiger partial charge in [0.05, 0.1) is 0 Å². The summed E-state index contributed by atoms with van der Waals surface area (Å²) in [6.45, 7) is 2.24. The second-order valence-electron chi connectivity index (χ2n) is 2.92. The van der Waals surface area contributed by atoms with Gasteiger partial charge >= 0.3 is 0 Å². The molecule has 1 aromatic heterocycles. The Bertz CT molecular complexity index is 256. The first-order valence-electron chi connectivity index (χ1n) is 4.25. The number of aromatic nitrogens is 1. The molecule has 0 saturated carbocycles. The highest BCUT2D eigenvalue weighted by atomic mass is 32.1. The van der Waals surface area contributed by atoms with Crippen LogP contribution in [-0.4, -0.2) is 18.1 Å². The van der Waals surface area contributed by atoms with Crippen molar-refractivity contribution in [3.8, 4) is 0 Å². The molecule has 0 spiro atoms. The molecule has 0 unspecified atom stereocenters. The van der Waals surface area contributed by atoms with Crippen molar-refractivity contribution in [2.45, 2.75) is 12.8 Å². The number of nitrogens with zero attached hydrogens (tertiary/aromatic N) is 1. The fraction of sp³-hybridized carbons (Fsp3) is 0.444. The van der Waals surface area contributed by atoms with Crippen LogP contribution in [0.15, 0.2) is 17.2 Å². The SMILES string of the molecule is C(=C1CCNCC1)c1nccs1. The van der Waals surface area contributed by atoms with E-state index in [0.717, 1.165) is 18.1 Å². The van der Waals surface area contributed by atoms with Gasteiger partial charge in [0.1, 0.15) is 5.01 Å². The van der Waals surface area contributed by atoms with E-state index in [1.165, 1.54) is 18.4 Å². The summed E-state index contributed by atoms with van der Waals surface area (Å²) >= 11 is 1.71. The van der Waals surface area contributed by atoms with E-state index < -0.39 is 0 Å². The molecular formula is C9H12N2S. The summed E-state index contributed by atoms with van der Waals surface area (Å²) in [7, 11) is 0. The molecule has 1 N–H and O–H groups in total. The lowest BCUT2D eigenvalue weighted by Crippen LogP contribution is -2.22. The lowest BCUT2D eigenvalue weighted by molar-refractivity contribution is 0.613. The van der Waals surface area contributed by atoms with Gasteiger partial charge < -0.3 is 5.32 Å². The molecule has 3 heteroatoms. The van der Waals surface area contributed by atoms with Gasteiger partial charge in [0.2, 0.25) is 0 Å². The highest BCUT2D eigenvalue weighted by molar-refractivity contribution is 7.10. The van der Waals surface area contributed by atoms with Gasteiger partial charge in [0.25, 0.3) is 0 Å². The molecule has 0 bridgehead atoms. The summed E-state index contributed by atoms with van der Waals surface area (Å²) in [5.41, 5.74) is 1.53. The Kier molecular flexibility index (Phi) is 2.54. The molecule has 1 aromatic rings. The van der Waals surface area contributed by atoms with Crippen LogP contribution in [0.2, 0.25) is 0 Å². The van der Waals surface area contributed by atoms with Crippen molar-refractivity contribution in [1.82, 2.24) is 10.3 Å². The molecule has 0 atom stereocenters. The van der Waals surface area contributed by atoms with E-state index >= 15 is 0 Å². The Morgan fingerprint density at radius 2 is 2.25 bits per heavy atom. The van der Waals surface area contributed by atoms with E-state index in [-0.39, 0.29) is 0 Å².